The predicted molar refractivity (Wildman–Crippen MR) is 98.8 cm³/mol. The lowest BCUT2D eigenvalue weighted by molar-refractivity contribution is -0.157. The van der Waals surface area contributed by atoms with Crippen LogP contribution >= 0.6 is 0 Å². The van der Waals surface area contributed by atoms with Crippen LogP contribution in [0.15, 0.2) is 18.2 Å². The number of amides is 1. The van der Waals surface area contributed by atoms with Crippen LogP contribution in [0.3, 0.4) is 0 Å². The van der Waals surface area contributed by atoms with Crippen LogP contribution in [-0.4, -0.2) is 36.6 Å². The first-order valence-corrected chi connectivity index (χ1v) is 10.4. The third-order valence-corrected chi connectivity index (χ3v) is 8.40. The molecule has 28 heavy (non-hydrogen) atoms. The van der Waals surface area contributed by atoms with Gasteiger partial charge in [-0.3, -0.25) is 10.2 Å². The maximum atomic E-state index is 14.5. The van der Waals surface area contributed by atoms with Crippen LogP contribution in [0.1, 0.15) is 39.2 Å². The minimum atomic E-state index is -3.78. The van der Waals surface area contributed by atoms with Crippen molar-refractivity contribution in [3.8, 4) is 0 Å². The molecule has 3 N–H and O–H groups in total. The minimum absolute atomic E-state index is 0.0661. The molecule has 154 valence electrons. The summed E-state index contributed by atoms with van der Waals surface area (Å²) in [5.41, 5.74) is -1.44. The molecule has 0 aromatic heterocycles. The Balaban J connectivity index is 1.92. The molecule has 1 saturated carbocycles. The maximum absolute atomic E-state index is 14.5. The average Bonchev–Trinajstić information content (AvgIpc) is 2.53. The number of amidine groups is 1. The highest BCUT2D eigenvalue weighted by atomic mass is 32.2. The lowest BCUT2D eigenvalue weighted by Gasteiger charge is -2.43. The molecule has 1 aliphatic heterocycles. The Hall–Kier alpha value is -2.10. The lowest BCUT2D eigenvalue weighted by atomic mass is 9.80. The summed E-state index contributed by atoms with van der Waals surface area (Å²) in [4.78, 5) is 12.1. The van der Waals surface area contributed by atoms with Crippen molar-refractivity contribution in [3.63, 3.8) is 0 Å². The summed E-state index contributed by atoms with van der Waals surface area (Å²) in [5.74, 6) is -6.83. The predicted octanol–water partition coefficient (Wildman–Crippen LogP) is 2.80. The summed E-state index contributed by atoms with van der Waals surface area (Å²) in [7, 11) is -3.78. The second-order valence-electron chi connectivity index (χ2n) is 8.14. The zero-order valence-electron chi connectivity index (χ0n) is 15.7. The molecule has 1 heterocycles. The number of nitrogens with one attached hydrogen (secondary N) is 3. The molecule has 3 rings (SSSR count). The van der Waals surface area contributed by atoms with E-state index in [1.54, 1.807) is 0 Å². The standard InChI is InChI=1S/C18H22F3N3O3S/c1-16(2)15(22)24-17(3,9-28(16,26)27)12-8-10(4-5-13(12)19)23-14(25)11-6-7-18(11,20)21/h4-5,8,11H,6-7,9H2,1-3H3,(H2,22,24)(H,23,25)/t11?,17-/m0/s1. The van der Waals surface area contributed by atoms with Crippen molar-refractivity contribution in [2.24, 2.45) is 5.92 Å². The molecule has 1 aliphatic carbocycles. The highest BCUT2D eigenvalue weighted by molar-refractivity contribution is 7.93. The van der Waals surface area contributed by atoms with Crippen LogP contribution in [-0.2, 0) is 20.2 Å². The second-order valence-corrected chi connectivity index (χ2v) is 10.7. The highest BCUT2D eigenvalue weighted by Crippen LogP contribution is 2.44. The summed E-state index contributed by atoms with van der Waals surface area (Å²) < 4.78 is 65.2. The van der Waals surface area contributed by atoms with Crippen molar-refractivity contribution < 1.29 is 26.4 Å². The van der Waals surface area contributed by atoms with Gasteiger partial charge < -0.3 is 10.6 Å². The van der Waals surface area contributed by atoms with E-state index in [1.807, 2.05) is 0 Å². The molecule has 6 nitrogen and oxygen atoms in total. The fourth-order valence-corrected chi connectivity index (χ4v) is 5.12. The van der Waals surface area contributed by atoms with E-state index in [1.165, 1.54) is 32.9 Å². The highest BCUT2D eigenvalue weighted by Gasteiger charge is 2.53. The fourth-order valence-electron chi connectivity index (χ4n) is 3.41. The van der Waals surface area contributed by atoms with Gasteiger partial charge in [-0.05, 0) is 45.4 Å². The summed E-state index contributed by atoms with van der Waals surface area (Å²) in [6, 6.07) is 3.48. The van der Waals surface area contributed by atoms with E-state index < -0.39 is 49.4 Å². The average molecular weight is 417 g/mol. The van der Waals surface area contributed by atoms with Gasteiger partial charge in [0.05, 0.1) is 11.3 Å². The number of sulfone groups is 1. The van der Waals surface area contributed by atoms with Gasteiger partial charge in [-0.25, -0.2) is 21.6 Å². The summed E-state index contributed by atoms with van der Waals surface area (Å²) in [5, 5.41) is 13.2. The van der Waals surface area contributed by atoms with Gasteiger partial charge in [0.1, 0.15) is 22.3 Å². The van der Waals surface area contributed by atoms with Crippen LogP contribution in [0.25, 0.3) is 0 Å². The minimum Gasteiger partial charge on any atom is -0.362 e. The Labute approximate surface area is 161 Å². The first kappa shape index (κ1) is 20.6. The number of hydrogen-bond donors (Lipinski definition) is 3. The van der Waals surface area contributed by atoms with Gasteiger partial charge in [0.25, 0.3) is 5.92 Å². The molecule has 0 bridgehead atoms. The summed E-state index contributed by atoms with van der Waals surface area (Å²) in [6.45, 7) is 4.23. The molecule has 1 aromatic rings. The Morgan fingerprint density at radius 3 is 2.43 bits per heavy atom. The Morgan fingerprint density at radius 2 is 1.93 bits per heavy atom. The number of carbonyl (C=O) groups is 1. The summed E-state index contributed by atoms with van der Waals surface area (Å²) >= 11 is 0. The molecule has 1 saturated heterocycles. The topological polar surface area (TPSA) is 99.1 Å². The van der Waals surface area contributed by atoms with Gasteiger partial charge in [-0.1, -0.05) is 0 Å². The van der Waals surface area contributed by atoms with Crippen molar-refractivity contribution in [1.29, 1.82) is 5.41 Å². The maximum Gasteiger partial charge on any atom is 0.259 e. The Bertz CT molecular complexity index is 962. The third-order valence-electron chi connectivity index (χ3n) is 5.68. The Kier molecular flexibility index (Phi) is 4.57. The van der Waals surface area contributed by atoms with Crippen LogP contribution in [0.4, 0.5) is 18.9 Å². The molecule has 1 aromatic carbocycles. The van der Waals surface area contributed by atoms with E-state index >= 15 is 0 Å². The van der Waals surface area contributed by atoms with Gasteiger partial charge in [0.2, 0.25) is 5.91 Å². The van der Waals surface area contributed by atoms with Crippen molar-refractivity contribution in [2.45, 2.75) is 49.8 Å². The van der Waals surface area contributed by atoms with Crippen molar-refractivity contribution >= 4 is 27.3 Å². The zero-order chi connectivity index (χ0) is 21.1. The quantitative estimate of drug-likeness (QED) is 0.704. The molecule has 2 aliphatic rings. The van der Waals surface area contributed by atoms with Crippen LogP contribution in [0.2, 0.25) is 0 Å². The number of benzene rings is 1. The van der Waals surface area contributed by atoms with Gasteiger partial charge in [-0.2, -0.15) is 0 Å². The molecule has 2 fully saturated rings. The molecule has 1 amide bonds. The first-order chi connectivity index (χ1) is 12.7. The number of rotatable bonds is 3. The van der Waals surface area contributed by atoms with E-state index in [9.17, 15) is 26.4 Å². The monoisotopic (exact) mass is 417 g/mol. The largest absolute Gasteiger partial charge is 0.362 e. The first-order valence-electron chi connectivity index (χ1n) is 8.78. The molecule has 1 unspecified atom stereocenters. The van der Waals surface area contributed by atoms with E-state index in [4.69, 9.17) is 5.41 Å². The van der Waals surface area contributed by atoms with E-state index in [0.29, 0.717) is 0 Å². The molecule has 10 heteroatoms. The van der Waals surface area contributed by atoms with Gasteiger partial charge in [0.15, 0.2) is 9.84 Å². The van der Waals surface area contributed by atoms with Crippen LogP contribution < -0.4 is 10.6 Å². The second kappa shape index (κ2) is 6.20. The van der Waals surface area contributed by atoms with Crippen molar-refractivity contribution in [2.75, 3.05) is 11.1 Å². The van der Waals surface area contributed by atoms with Crippen molar-refractivity contribution in [3.05, 3.63) is 29.6 Å². The number of halogens is 3. The molecular formula is C18H22F3N3O3S. The van der Waals surface area contributed by atoms with Crippen LogP contribution in [0, 0.1) is 17.1 Å². The zero-order valence-corrected chi connectivity index (χ0v) is 16.5. The van der Waals surface area contributed by atoms with Crippen molar-refractivity contribution in [1.82, 2.24) is 5.32 Å². The fraction of sp³-hybridized carbons (Fsp3) is 0.556. The molecule has 2 atom stereocenters. The molecule has 0 radical (unpaired) electrons. The van der Waals surface area contributed by atoms with Gasteiger partial charge >= 0.3 is 0 Å². The smallest absolute Gasteiger partial charge is 0.259 e. The van der Waals surface area contributed by atoms with E-state index in [2.05, 4.69) is 10.6 Å². The Morgan fingerprint density at radius 1 is 1.29 bits per heavy atom. The lowest BCUT2D eigenvalue weighted by Crippen LogP contribution is -2.64. The molecular weight excluding hydrogens is 395 g/mol. The normalized spacial score (nSPS) is 30.1. The van der Waals surface area contributed by atoms with E-state index in [-0.39, 0.29) is 29.9 Å². The molecule has 0 spiro atoms. The number of anilines is 1. The third kappa shape index (κ3) is 3.17. The number of hydrogen-bond acceptors (Lipinski definition) is 4. The van der Waals surface area contributed by atoms with Gasteiger partial charge in [-0.15, -0.1) is 0 Å². The number of alkyl halides is 2. The van der Waals surface area contributed by atoms with Crippen LogP contribution in [0.5, 0.6) is 0 Å². The number of carbonyl (C=O) groups excluding carboxylic acids is 1. The van der Waals surface area contributed by atoms with E-state index in [0.717, 1.165) is 6.07 Å². The summed E-state index contributed by atoms with van der Waals surface area (Å²) in [6.07, 6.45) is -0.284. The van der Waals surface area contributed by atoms with Gasteiger partial charge in [0, 0.05) is 17.7 Å². The SMILES string of the molecule is CC1(C)C(=N)N[C@](C)(c2cc(NC(=O)C3CCC3(F)F)ccc2F)CS1(=O)=O.